The van der Waals surface area contributed by atoms with Crippen LogP contribution in [0.4, 0.5) is 5.82 Å². The van der Waals surface area contributed by atoms with Crippen molar-refractivity contribution >= 4 is 34.2 Å². The summed E-state index contributed by atoms with van der Waals surface area (Å²) in [7, 11) is 0. The number of amides is 1. The molecule has 0 radical (unpaired) electrons. The normalized spacial score (nSPS) is 12.0. The average Bonchev–Trinajstić information content (AvgIpc) is 3.31. The van der Waals surface area contributed by atoms with Gasteiger partial charge >= 0.3 is 0 Å². The van der Waals surface area contributed by atoms with Gasteiger partial charge in [-0.05, 0) is 60.6 Å². The van der Waals surface area contributed by atoms with Gasteiger partial charge in [0, 0.05) is 21.4 Å². The number of thiophene rings is 1. The second kappa shape index (κ2) is 7.05. The van der Waals surface area contributed by atoms with E-state index in [2.05, 4.69) is 40.5 Å². The molecule has 1 N–H and O–H groups in total. The number of nitrogens with zero attached hydrogens (tertiary/aromatic N) is 4. The van der Waals surface area contributed by atoms with Gasteiger partial charge in [-0.2, -0.15) is 5.10 Å². The number of hydrogen-bond donors (Lipinski definition) is 1. The predicted molar refractivity (Wildman–Crippen MR) is 119 cm³/mol. The van der Waals surface area contributed by atoms with Gasteiger partial charge in [0.05, 0.1) is 33.6 Å². The van der Waals surface area contributed by atoms with Crippen LogP contribution in [0.1, 0.15) is 52.3 Å². The van der Waals surface area contributed by atoms with E-state index in [1.165, 1.54) is 4.88 Å². The smallest absolute Gasteiger partial charge is 0.259 e. The molecule has 4 aromatic heterocycles. The SMILES string of the molecule is Cc1cc(NC(=O)c2cc(-c3cc(C)sc3C)nc3onc(C)c23)n(C(C)(C)C)n1. The third-order valence-corrected chi connectivity index (χ3v) is 5.85. The molecule has 0 fully saturated rings. The number of hydrogen-bond acceptors (Lipinski definition) is 6. The van der Waals surface area contributed by atoms with Crippen molar-refractivity contribution in [3.8, 4) is 11.3 Å². The van der Waals surface area contributed by atoms with Crippen LogP contribution in [0.2, 0.25) is 0 Å². The molecule has 0 saturated heterocycles. The highest BCUT2D eigenvalue weighted by Gasteiger charge is 2.24. The highest BCUT2D eigenvalue weighted by atomic mass is 32.1. The standard InChI is InChI=1S/C22H25N5O2S/c1-11-8-18(27(25-11)22(5,6)7)24-20(28)16-10-17(15-9-12(2)30-14(15)4)23-21-19(16)13(3)26-29-21/h8-10H,1-7H3,(H,24,28). The van der Waals surface area contributed by atoms with E-state index in [0.29, 0.717) is 33.9 Å². The summed E-state index contributed by atoms with van der Waals surface area (Å²) in [6.45, 7) is 14.0. The van der Waals surface area contributed by atoms with E-state index in [4.69, 9.17) is 4.52 Å². The second-order valence-electron chi connectivity index (χ2n) is 8.54. The highest BCUT2D eigenvalue weighted by molar-refractivity contribution is 7.12. The van der Waals surface area contributed by atoms with E-state index in [9.17, 15) is 4.79 Å². The first-order valence-corrected chi connectivity index (χ1v) is 10.6. The summed E-state index contributed by atoms with van der Waals surface area (Å²) in [5.41, 5.74) is 3.74. The van der Waals surface area contributed by atoms with E-state index >= 15 is 0 Å². The summed E-state index contributed by atoms with van der Waals surface area (Å²) in [5.74, 6) is 0.401. The van der Waals surface area contributed by atoms with Gasteiger partial charge in [-0.3, -0.25) is 4.79 Å². The molecule has 0 saturated carbocycles. The van der Waals surface area contributed by atoms with Crippen LogP contribution in [0.25, 0.3) is 22.4 Å². The summed E-state index contributed by atoms with van der Waals surface area (Å²) in [5, 5.41) is 12.2. The monoisotopic (exact) mass is 423 g/mol. The molecule has 4 heterocycles. The third kappa shape index (κ3) is 3.52. The lowest BCUT2D eigenvalue weighted by Crippen LogP contribution is -2.27. The fourth-order valence-corrected chi connectivity index (χ4v) is 4.51. The number of pyridine rings is 1. The third-order valence-electron chi connectivity index (χ3n) is 4.89. The minimum atomic E-state index is -0.270. The van der Waals surface area contributed by atoms with Crippen LogP contribution < -0.4 is 5.32 Å². The summed E-state index contributed by atoms with van der Waals surface area (Å²) in [6.07, 6.45) is 0. The number of aryl methyl sites for hydroxylation is 4. The van der Waals surface area contributed by atoms with Gasteiger partial charge in [-0.25, -0.2) is 9.67 Å². The molecule has 0 bridgehead atoms. The summed E-state index contributed by atoms with van der Waals surface area (Å²) in [6, 6.07) is 5.77. The fraction of sp³-hybridized carbons (Fsp3) is 0.364. The van der Waals surface area contributed by atoms with Crippen LogP contribution in [0.5, 0.6) is 0 Å². The number of carbonyl (C=O) groups excluding carboxylic acids is 1. The number of carbonyl (C=O) groups is 1. The zero-order valence-electron chi connectivity index (χ0n) is 18.2. The Morgan fingerprint density at radius 2 is 1.87 bits per heavy atom. The van der Waals surface area contributed by atoms with E-state index in [1.807, 2.05) is 51.4 Å². The number of fused-ring (bicyclic) bond motifs is 1. The van der Waals surface area contributed by atoms with Gasteiger partial charge in [0.1, 0.15) is 5.82 Å². The zero-order valence-corrected chi connectivity index (χ0v) is 19.1. The minimum absolute atomic E-state index is 0.245. The van der Waals surface area contributed by atoms with E-state index in [0.717, 1.165) is 16.1 Å². The van der Waals surface area contributed by atoms with Gasteiger partial charge in [0.25, 0.3) is 11.6 Å². The molecular formula is C22H25N5O2S. The lowest BCUT2D eigenvalue weighted by molar-refractivity contribution is 0.102. The van der Waals surface area contributed by atoms with Crippen molar-refractivity contribution in [3.05, 3.63) is 44.9 Å². The Morgan fingerprint density at radius 3 is 2.50 bits per heavy atom. The van der Waals surface area contributed by atoms with Gasteiger partial charge < -0.3 is 9.84 Å². The van der Waals surface area contributed by atoms with Crippen molar-refractivity contribution in [3.63, 3.8) is 0 Å². The Balaban J connectivity index is 1.83. The van der Waals surface area contributed by atoms with Crippen molar-refractivity contribution in [2.24, 2.45) is 0 Å². The lowest BCUT2D eigenvalue weighted by atomic mass is 10.1. The first kappa shape index (κ1) is 20.3. The van der Waals surface area contributed by atoms with Crippen molar-refractivity contribution in [1.29, 1.82) is 0 Å². The summed E-state index contributed by atoms with van der Waals surface area (Å²) >= 11 is 1.70. The molecule has 0 aromatic carbocycles. The molecule has 4 rings (SSSR count). The van der Waals surface area contributed by atoms with Crippen LogP contribution in [0, 0.1) is 27.7 Å². The first-order valence-electron chi connectivity index (χ1n) is 9.77. The molecule has 8 heteroatoms. The molecule has 30 heavy (non-hydrogen) atoms. The van der Waals surface area contributed by atoms with Crippen molar-refractivity contribution in [2.45, 2.75) is 54.0 Å². The number of rotatable bonds is 3. The molecule has 156 valence electrons. The van der Waals surface area contributed by atoms with Crippen LogP contribution in [-0.2, 0) is 5.54 Å². The Labute approximate surface area is 179 Å². The van der Waals surface area contributed by atoms with E-state index in [1.54, 1.807) is 11.3 Å². The molecule has 0 aliphatic rings. The molecule has 0 unspecified atom stereocenters. The maximum Gasteiger partial charge on any atom is 0.259 e. The molecular weight excluding hydrogens is 398 g/mol. The van der Waals surface area contributed by atoms with Crippen molar-refractivity contribution in [1.82, 2.24) is 19.9 Å². The van der Waals surface area contributed by atoms with Crippen LogP contribution >= 0.6 is 11.3 Å². The van der Waals surface area contributed by atoms with Gasteiger partial charge in [0.2, 0.25) is 0 Å². The van der Waals surface area contributed by atoms with Crippen molar-refractivity contribution < 1.29 is 9.32 Å². The van der Waals surface area contributed by atoms with E-state index in [-0.39, 0.29) is 11.4 Å². The Bertz CT molecular complexity index is 1270. The molecule has 4 aromatic rings. The summed E-state index contributed by atoms with van der Waals surface area (Å²) < 4.78 is 7.25. The maximum atomic E-state index is 13.4. The van der Waals surface area contributed by atoms with Gasteiger partial charge in [-0.1, -0.05) is 5.16 Å². The number of aromatic nitrogens is 4. The second-order valence-corrected chi connectivity index (χ2v) is 10.00. The Kier molecular flexibility index (Phi) is 4.77. The van der Waals surface area contributed by atoms with Gasteiger partial charge in [0.15, 0.2) is 0 Å². The van der Waals surface area contributed by atoms with Gasteiger partial charge in [-0.15, -0.1) is 11.3 Å². The predicted octanol–water partition coefficient (Wildman–Crippen LogP) is 5.39. The van der Waals surface area contributed by atoms with Crippen LogP contribution in [0.15, 0.2) is 22.7 Å². The maximum absolute atomic E-state index is 13.4. The number of anilines is 1. The lowest BCUT2D eigenvalue weighted by Gasteiger charge is -2.22. The van der Waals surface area contributed by atoms with Crippen LogP contribution in [-0.4, -0.2) is 25.8 Å². The Hall–Kier alpha value is -3.00. The quantitative estimate of drug-likeness (QED) is 0.477. The fourth-order valence-electron chi connectivity index (χ4n) is 3.58. The minimum Gasteiger partial charge on any atom is -0.335 e. The number of nitrogens with one attached hydrogen (secondary N) is 1. The summed E-state index contributed by atoms with van der Waals surface area (Å²) in [4.78, 5) is 20.4. The molecule has 7 nitrogen and oxygen atoms in total. The molecule has 0 atom stereocenters. The van der Waals surface area contributed by atoms with Crippen molar-refractivity contribution in [2.75, 3.05) is 5.32 Å². The largest absolute Gasteiger partial charge is 0.335 e. The topological polar surface area (TPSA) is 85.8 Å². The van der Waals surface area contributed by atoms with Crippen LogP contribution in [0.3, 0.4) is 0 Å². The molecule has 1 amide bonds. The zero-order chi connectivity index (χ0) is 21.8. The highest BCUT2D eigenvalue weighted by Crippen LogP contribution is 2.33. The molecule has 0 aliphatic carbocycles. The van der Waals surface area contributed by atoms with E-state index < -0.39 is 0 Å². The average molecular weight is 424 g/mol. The molecule has 0 spiro atoms. The molecule has 0 aliphatic heterocycles. The first-order chi connectivity index (χ1) is 14.0. The Morgan fingerprint density at radius 1 is 1.13 bits per heavy atom.